The topological polar surface area (TPSA) is 91.8 Å². The van der Waals surface area contributed by atoms with Gasteiger partial charge in [0.2, 0.25) is 0 Å². The molecule has 6 nitrogen and oxygen atoms in total. The standard InChI is InChI=1S/C14H18N4O2/c1-9-3-4-12(5-10(9)2)17-14-11(7-15)6-13(8-16-14)18(19)20/h6,8-10,12H,3-5H2,1-2H3,(H,16,17). The van der Waals surface area contributed by atoms with Crippen molar-refractivity contribution >= 4 is 11.5 Å². The molecule has 0 radical (unpaired) electrons. The van der Waals surface area contributed by atoms with E-state index in [1.165, 1.54) is 12.3 Å². The molecule has 20 heavy (non-hydrogen) atoms. The summed E-state index contributed by atoms with van der Waals surface area (Å²) >= 11 is 0. The maximum absolute atomic E-state index is 10.7. The second kappa shape index (κ2) is 5.87. The summed E-state index contributed by atoms with van der Waals surface area (Å²) in [4.78, 5) is 14.2. The van der Waals surface area contributed by atoms with E-state index >= 15 is 0 Å². The molecule has 106 valence electrons. The van der Waals surface area contributed by atoms with Crippen LogP contribution in [0.25, 0.3) is 0 Å². The fourth-order valence-corrected chi connectivity index (χ4v) is 2.63. The summed E-state index contributed by atoms with van der Waals surface area (Å²) in [5, 5.41) is 23.0. The van der Waals surface area contributed by atoms with Gasteiger partial charge in [0.05, 0.1) is 4.92 Å². The Morgan fingerprint density at radius 2 is 2.20 bits per heavy atom. The van der Waals surface area contributed by atoms with Gasteiger partial charge in [-0.1, -0.05) is 13.8 Å². The zero-order valence-corrected chi connectivity index (χ0v) is 11.7. The van der Waals surface area contributed by atoms with Crippen LogP contribution in [0.2, 0.25) is 0 Å². The van der Waals surface area contributed by atoms with Crippen LogP contribution < -0.4 is 5.32 Å². The molecule has 3 atom stereocenters. The molecule has 0 saturated heterocycles. The number of hydrogen-bond donors (Lipinski definition) is 1. The van der Waals surface area contributed by atoms with Crippen LogP contribution in [-0.4, -0.2) is 15.9 Å². The average Bonchev–Trinajstić information content (AvgIpc) is 2.43. The Morgan fingerprint density at radius 3 is 2.80 bits per heavy atom. The quantitative estimate of drug-likeness (QED) is 0.675. The maximum atomic E-state index is 10.7. The fraction of sp³-hybridized carbons (Fsp3) is 0.571. The first-order valence-corrected chi connectivity index (χ1v) is 6.82. The molecule has 0 aliphatic heterocycles. The third-order valence-corrected chi connectivity index (χ3v) is 4.14. The highest BCUT2D eigenvalue weighted by Gasteiger charge is 2.25. The third kappa shape index (κ3) is 3.05. The van der Waals surface area contributed by atoms with Gasteiger partial charge in [-0.2, -0.15) is 5.26 Å². The molecule has 0 aromatic carbocycles. The van der Waals surface area contributed by atoms with Gasteiger partial charge in [0.25, 0.3) is 5.69 Å². The number of pyridine rings is 1. The van der Waals surface area contributed by atoms with Crippen LogP contribution in [0.15, 0.2) is 12.3 Å². The number of rotatable bonds is 3. The molecule has 1 aliphatic carbocycles. The number of hydrogen-bond acceptors (Lipinski definition) is 5. The Kier molecular flexibility index (Phi) is 4.18. The van der Waals surface area contributed by atoms with Crippen molar-refractivity contribution in [3.05, 3.63) is 27.9 Å². The summed E-state index contributed by atoms with van der Waals surface area (Å²) in [6, 6.07) is 3.52. The third-order valence-electron chi connectivity index (χ3n) is 4.14. The predicted octanol–water partition coefficient (Wildman–Crippen LogP) is 3.10. The lowest BCUT2D eigenvalue weighted by Crippen LogP contribution is -2.30. The zero-order chi connectivity index (χ0) is 14.7. The van der Waals surface area contributed by atoms with Crippen LogP contribution in [0, 0.1) is 33.3 Å². The van der Waals surface area contributed by atoms with Crippen LogP contribution in [-0.2, 0) is 0 Å². The van der Waals surface area contributed by atoms with Gasteiger partial charge in [0.15, 0.2) is 0 Å². The minimum Gasteiger partial charge on any atom is -0.366 e. The van der Waals surface area contributed by atoms with E-state index in [1.807, 2.05) is 6.07 Å². The first-order valence-electron chi connectivity index (χ1n) is 6.82. The van der Waals surface area contributed by atoms with E-state index in [0.717, 1.165) is 19.3 Å². The number of nitriles is 1. The minimum absolute atomic E-state index is 0.155. The Morgan fingerprint density at radius 1 is 1.45 bits per heavy atom. The largest absolute Gasteiger partial charge is 0.366 e. The zero-order valence-electron chi connectivity index (χ0n) is 11.7. The lowest BCUT2D eigenvalue weighted by Gasteiger charge is -2.32. The Hall–Kier alpha value is -2.16. The number of nitrogens with one attached hydrogen (secondary N) is 1. The van der Waals surface area contributed by atoms with Crippen molar-refractivity contribution in [2.75, 3.05) is 5.32 Å². The van der Waals surface area contributed by atoms with Crippen LogP contribution in [0.4, 0.5) is 11.5 Å². The predicted molar refractivity (Wildman–Crippen MR) is 75.2 cm³/mol. The molecule has 1 fully saturated rings. The lowest BCUT2D eigenvalue weighted by molar-refractivity contribution is -0.385. The van der Waals surface area contributed by atoms with Crippen molar-refractivity contribution in [2.45, 2.75) is 39.2 Å². The molecule has 1 aromatic heterocycles. The Balaban J connectivity index is 2.14. The van der Waals surface area contributed by atoms with Gasteiger partial charge >= 0.3 is 0 Å². The van der Waals surface area contributed by atoms with E-state index in [4.69, 9.17) is 5.26 Å². The van der Waals surface area contributed by atoms with E-state index in [-0.39, 0.29) is 17.3 Å². The molecule has 0 bridgehead atoms. The number of nitrogens with zero attached hydrogens (tertiary/aromatic N) is 3. The van der Waals surface area contributed by atoms with E-state index in [2.05, 4.69) is 24.1 Å². The molecule has 2 rings (SSSR count). The van der Waals surface area contributed by atoms with Crippen molar-refractivity contribution in [2.24, 2.45) is 11.8 Å². The fourth-order valence-electron chi connectivity index (χ4n) is 2.63. The number of nitro groups is 1. The molecule has 3 unspecified atom stereocenters. The van der Waals surface area contributed by atoms with Crippen LogP contribution >= 0.6 is 0 Å². The van der Waals surface area contributed by atoms with E-state index in [0.29, 0.717) is 17.7 Å². The SMILES string of the molecule is CC1CCC(Nc2ncc([N+](=O)[O-])cc2C#N)CC1C. The van der Waals surface area contributed by atoms with Crippen molar-refractivity contribution in [1.29, 1.82) is 5.26 Å². The number of anilines is 1. The summed E-state index contributed by atoms with van der Waals surface area (Å²) in [6.45, 7) is 4.48. The highest BCUT2D eigenvalue weighted by Crippen LogP contribution is 2.31. The lowest BCUT2D eigenvalue weighted by atomic mass is 9.79. The molecular formula is C14H18N4O2. The van der Waals surface area contributed by atoms with Gasteiger partial charge in [0, 0.05) is 12.1 Å². The van der Waals surface area contributed by atoms with E-state index in [9.17, 15) is 10.1 Å². The van der Waals surface area contributed by atoms with Crippen molar-refractivity contribution < 1.29 is 4.92 Å². The van der Waals surface area contributed by atoms with Gasteiger partial charge in [-0.25, -0.2) is 4.98 Å². The Labute approximate surface area is 118 Å². The first-order chi connectivity index (χ1) is 9.51. The van der Waals surface area contributed by atoms with Gasteiger partial charge in [-0.05, 0) is 31.1 Å². The highest BCUT2D eigenvalue weighted by atomic mass is 16.6. The van der Waals surface area contributed by atoms with Crippen LogP contribution in [0.5, 0.6) is 0 Å². The molecular weight excluding hydrogens is 256 g/mol. The molecule has 1 saturated carbocycles. The van der Waals surface area contributed by atoms with Crippen LogP contribution in [0.1, 0.15) is 38.7 Å². The van der Waals surface area contributed by atoms with Gasteiger partial charge in [-0.15, -0.1) is 0 Å². The molecule has 1 N–H and O–H groups in total. The molecule has 1 heterocycles. The van der Waals surface area contributed by atoms with Gasteiger partial charge in [0.1, 0.15) is 23.6 Å². The molecule has 1 aliphatic rings. The monoisotopic (exact) mass is 274 g/mol. The summed E-state index contributed by atoms with van der Waals surface area (Å²) in [5.74, 6) is 1.79. The second-order valence-corrected chi connectivity index (χ2v) is 5.57. The van der Waals surface area contributed by atoms with Crippen molar-refractivity contribution in [1.82, 2.24) is 4.98 Å². The highest BCUT2D eigenvalue weighted by molar-refractivity contribution is 5.56. The smallest absolute Gasteiger partial charge is 0.289 e. The second-order valence-electron chi connectivity index (χ2n) is 5.57. The van der Waals surface area contributed by atoms with E-state index in [1.54, 1.807) is 0 Å². The first kappa shape index (κ1) is 14.3. The summed E-state index contributed by atoms with van der Waals surface area (Å²) in [6.07, 6.45) is 4.41. The van der Waals surface area contributed by atoms with Crippen molar-refractivity contribution in [3.63, 3.8) is 0 Å². The minimum atomic E-state index is -0.540. The molecule has 6 heteroatoms. The molecule has 1 aromatic rings. The molecule has 0 amide bonds. The van der Waals surface area contributed by atoms with Crippen molar-refractivity contribution in [3.8, 4) is 6.07 Å². The maximum Gasteiger partial charge on any atom is 0.289 e. The normalized spacial score (nSPS) is 25.8. The Bertz CT molecular complexity index is 553. The average molecular weight is 274 g/mol. The van der Waals surface area contributed by atoms with Gasteiger partial charge in [-0.3, -0.25) is 10.1 Å². The number of aromatic nitrogens is 1. The van der Waals surface area contributed by atoms with Crippen LogP contribution in [0.3, 0.4) is 0 Å². The van der Waals surface area contributed by atoms with Gasteiger partial charge < -0.3 is 5.32 Å². The summed E-state index contributed by atoms with van der Waals surface area (Å²) < 4.78 is 0. The molecule has 0 spiro atoms. The summed E-state index contributed by atoms with van der Waals surface area (Å²) in [5.41, 5.74) is 0.0724. The summed E-state index contributed by atoms with van der Waals surface area (Å²) in [7, 11) is 0. The van der Waals surface area contributed by atoms with E-state index < -0.39 is 4.92 Å².